The lowest BCUT2D eigenvalue weighted by Gasteiger charge is -2.03. The van der Waals surface area contributed by atoms with Gasteiger partial charge < -0.3 is 5.73 Å². The summed E-state index contributed by atoms with van der Waals surface area (Å²) in [4.78, 5) is 27.7. The molecule has 3 N–H and O–H groups in total. The molecule has 3 rings (SSSR count). The molecule has 126 valence electrons. The van der Waals surface area contributed by atoms with E-state index in [4.69, 9.17) is 5.73 Å². The first-order valence-electron chi connectivity index (χ1n) is 7.37. The van der Waals surface area contributed by atoms with Gasteiger partial charge in [0.2, 0.25) is 0 Å². The van der Waals surface area contributed by atoms with Gasteiger partial charge in [-0.3, -0.25) is 20.2 Å². The Morgan fingerprint density at radius 1 is 1.24 bits per heavy atom. The first kappa shape index (κ1) is 16.6. The summed E-state index contributed by atoms with van der Waals surface area (Å²) in [5, 5.41) is 14.0. The summed E-state index contributed by atoms with van der Waals surface area (Å²) >= 11 is 1.36. The summed E-state index contributed by atoms with van der Waals surface area (Å²) < 4.78 is 0. The van der Waals surface area contributed by atoms with Crippen molar-refractivity contribution in [3.63, 3.8) is 0 Å². The van der Waals surface area contributed by atoms with E-state index in [0.29, 0.717) is 5.13 Å². The van der Waals surface area contributed by atoms with Crippen LogP contribution in [0.3, 0.4) is 0 Å². The Bertz CT molecular complexity index is 925. The standard InChI is InChI=1S/C17H14N4O3S/c18-14-7-6-12(9-15(14)21(23)24)16(22)20-17-19-10-13(25-17)8-11-4-2-1-3-5-11/h1-7,9-10H,8,18H2,(H,19,20,22). The monoisotopic (exact) mass is 354 g/mol. The zero-order valence-corrected chi connectivity index (χ0v) is 13.8. The van der Waals surface area contributed by atoms with Crippen LogP contribution in [0.15, 0.2) is 54.7 Å². The van der Waals surface area contributed by atoms with Crippen LogP contribution < -0.4 is 11.1 Å². The Balaban J connectivity index is 1.71. The van der Waals surface area contributed by atoms with Gasteiger partial charge in [-0.2, -0.15) is 0 Å². The maximum atomic E-state index is 12.3. The van der Waals surface area contributed by atoms with E-state index >= 15 is 0 Å². The van der Waals surface area contributed by atoms with Crippen molar-refractivity contribution in [2.45, 2.75) is 6.42 Å². The predicted molar refractivity (Wildman–Crippen MR) is 96.8 cm³/mol. The number of hydrogen-bond donors (Lipinski definition) is 2. The van der Waals surface area contributed by atoms with Gasteiger partial charge in [0, 0.05) is 29.1 Å². The second-order valence-electron chi connectivity index (χ2n) is 5.28. The molecule has 0 saturated heterocycles. The van der Waals surface area contributed by atoms with Gasteiger partial charge in [0.1, 0.15) is 5.69 Å². The van der Waals surface area contributed by atoms with E-state index in [1.165, 1.54) is 23.5 Å². The van der Waals surface area contributed by atoms with Gasteiger partial charge in [-0.1, -0.05) is 30.3 Å². The molecule has 1 amide bonds. The smallest absolute Gasteiger partial charge is 0.292 e. The highest BCUT2D eigenvalue weighted by Crippen LogP contribution is 2.24. The zero-order chi connectivity index (χ0) is 17.8. The molecule has 0 bridgehead atoms. The first-order valence-corrected chi connectivity index (χ1v) is 8.18. The Labute approximate surface area is 147 Å². The van der Waals surface area contributed by atoms with Gasteiger partial charge in [0.15, 0.2) is 5.13 Å². The summed E-state index contributed by atoms with van der Waals surface area (Å²) in [6.07, 6.45) is 2.43. The fraction of sp³-hybridized carbons (Fsp3) is 0.0588. The van der Waals surface area contributed by atoms with Crippen molar-refractivity contribution in [1.29, 1.82) is 0 Å². The Kier molecular flexibility index (Phi) is 4.71. The lowest BCUT2D eigenvalue weighted by molar-refractivity contribution is -0.383. The minimum Gasteiger partial charge on any atom is -0.393 e. The Morgan fingerprint density at radius 3 is 2.72 bits per heavy atom. The van der Waals surface area contributed by atoms with Crippen molar-refractivity contribution in [2.24, 2.45) is 0 Å². The molecule has 0 saturated carbocycles. The number of nitrogens with zero attached hydrogens (tertiary/aromatic N) is 2. The predicted octanol–water partition coefficient (Wildman–Crippen LogP) is 3.48. The van der Waals surface area contributed by atoms with E-state index in [1.54, 1.807) is 6.20 Å². The SMILES string of the molecule is Nc1ccc(C(=O)Nc2ncc(Cc3ccccc3)s2)cc1[N+](=O)[O-]. The maximum Gasteiger partial charge on any atom is 0.292 e. The van der Waals surface area contributed by atoms with Crippen LogP contribution >= 0.6 is 11.3 Å². The molecular formula is C17H14N4O3S. The van der Waals surface area contributed by atoms with Gasteiger partial charge in [0.25, 0.3) is 11.6 Å². The molecule has 0 aliphatic heterocycles. The third-order valence-electron chi connectivity index (χ3n) is 3.48. The second kappa shape index (κ2) is 7.10. The summed E-state index contributed by atoms with van der Waals surface area (Å²) in [5.74, 6) is -0.469. The molecule has 1 heterocycles. The van der Waals surface area contributed by atoms with Crippen LogP contribution in [0.4, 0.5) is 16.5 Å². The zero-order valence-electron chi connectivity index (χ0n) is 13.0. The Morgan fingerprint density at radius 2 is 2.00 bits per heavy atom. The number of hydrogen-bond acceptors (Lipinski definition) is 6. The summed E-state index contributed by atoms with van der Waals surface area (Å²) in [7, 11) is 0. The molecule has 2 aromatic carbocycles. The minimum absolute atomic E-state index is 0.0148. The fourth-order valence-corrected chi connectivity index (χ4v) is 3.10. The van der Waals surface area contributed by atoms with E-state index < -0.39 is 10.8 Å². The molecule has 3 aromatic rings. The quantitative estimate of drug-likeness (QED) is 0.414. The molecular weight excluding hydrogens is 340 g/mol. The normalized spacial score (nSPS) is 10.4. The van der Waals surface area contributed by atoms with Gasteiger partial charge in [0.05, 0.1) is 4.92 Å². The average Bonchev–Trinajstić information content (AvgIpc) is 3.02. The molecule has 7 nitrogen and oxygen atoms in total. The van der Waals surface area contributed by atoms with Crippen molar-refractivity contribution in [1.82, 2.24) is 4.98 Å². The highest BCUT2D eigenvalue weighted by molar-refractivity contribution is 7.15. The molecule has 0 radical (unpaired) electrons. The number of nitrogen functional groups attached to an aromatic ring is 1. The van der Waals surface area contributed by atoms with Crippen LogP contribution in [0.1, 0.15) is 20.8 Å². The van der Waals surface area contributed by atoms with Crippen molar-refractivity contribution >= 4 is 33.8 Å². The Hall–Kier alpha value is -3.26. The largest absolute Gasteiger partial charge is 0.393 e. The third-order valence-corrected chi connectivity index (χ3v) is 4.40. The van der Waals surface area contributed by atoms with Gasteiger partial charge in [-0.25, -0.2) is 4.98 Å². The van der Waals surface area contributed by atoms with Crippen LogP contribution in [-0.2, 0) is 6.42 Å². The number of thiazole rings is 1. The summed E-state index contributed by atoms with van der Waals surface area (Å²) in [5.41, 5.74) is 6.56. The number of nitrogens with one attached hydrogen (secondary N) is 1. The first-order chi connectivity index (χ1) is 12.0. The van der Waals surface area contributed by atoms with Crippen LogP contribution in [-0.4, -0.2) is 15.8 Å². The number of nitrogens with two attached hydrogens (primary N) is 1. The van der Waals surface area contributed by atoms with Crippen LogP contribution in [0.5, 0.6) is 0 Å². The van der Waals surface area contributed by atoms with Crippen molar-refractivity contribution in [3.05, 3.63) is 80.8 Å². The number of rotatable bonds is 5. The molecule has 0 aliphatic rings. The van der Waals surface area contributed by atoms with Crippen LogP contribution in [0, 0.1) is 10.1 Å². The average molecular weight is 354 g/mol. The molecule has 0 unspecified atom stereocenters. The van der Waals surface area contributed by atoms with Crippen molar-refractivity contribution in [3.8, 4) is 0 Å². The van der Waals surface area contributed by atoms with Crippen molar-refractivity contribution < 1.29 is 9.72 Å². The van der Waals surface area contributed by atoms with Gasteiger partial charge >= 0.3 is 0 Å². The number of benzene rings is 2. The maximum absolute atomic E-state index is 12.3. The topological polar surface area (TPSA) is 111 Å². The molecule has 8 heteroatoms. The lowest BCUT2D eigenvalue weighted by atomic mass is 10.1. The van der Waals surface area contributed by atoms with Crippen LogP contribution in [0.25, 0.3) is 0 Å². The van der Waals surface area contributed by atoms with E-state index in [0.717, 1.165) is 22.9 Å². The number of aromatic nitrogens is 1. The third kappa shape index (κ3) is 3.99. The molecule has 25 heavy (non-hydrogen) atoms. The molecule has 0 atom stereocenters. The van der Waals surface area contributed by atoms with Gasteiger partial charge in [-0.05, 0) is 17.7 Å². The van der Waals surface area contributed by atoms with Crippen molar-refractivity contribution in [2.75, 3.05) is 11.1 Å². The minimum atomic E-state index is -0.618. The molecule has 0 spiro atoms. The summed E-state index contributed by atoms with van der Waals surface area (Å²) in [6, 6.07) is 13.9. The number of amides is 1. The highest BCUT2D eigenvalue weighted by atomic mass is 32.1. The molecule has 0 fully saturated rings. The van der Waals surface area contributed by atoms with Crippen LogP contribution in [0.2, 0.25) is 0 Å². The number of anilines is 2. The van der Waals surface area contributed by atoms with E-state index in [9.17, 15) is 14.9 Å². The number of carbonyl (C=O) groups is 1. The number of nitro benzene ring substituents is 1. The number of nitro groups is 1. The fourth-order valence-electron chi connectivity index (χ4n) is 2.26. The number of carbonyl (C=O) groups excluding carboxylic acids is 1. The summed E-state index contributed by atoms with van der Waals surface area (Å²) in [6.45, 7) is 0. The van der Waals surface area contributed by atoms with E-state index in [2.05, 4.69) is 10.3 Å². The lowest BCUT2D eigenvalue weighted by Crippen LogP contribution is -2.12. The van der Waals surface area contributed by atoms with E-state index in [-0.39, 0.29) is 16.9 Å². The highest BCUT2D eigenvalue weighted by Gasteiger charge is 2.16. The van der Waals surface area contributed by atoms with E-state index in [1.807, 2.05) is 30.3 Å². The molecule has 0 aliphatic carbocycles. The molecule has 1 aromatic heterocycles. The van der Waals surface area contributed by atoms with Gasteiger partial charge in [-0.15, -0.1) is 11.3 Å². The second-order valence-corrected chi connectivity index (χ2v) is 6.39.